The molecule has 244 valence electrons. The summed E-state index contributed by atoms with van der Waals surface area (Å²) in [6, 6.07) is 34.9. The van der Waals surface area contributed by atoms with Gasteiger partial charge in [0.2, 0.25) is 0 Å². The molecule has 4 aromatic carbocycles. The van der Waals surface area contributed by atoms with Crippen molar-refractivity contribution in [2.75, 3.05) is 13.2 Å². The Morgan fingerprint density at radius 2 is 1.02 bits per heavy atom. The highest BCUT2D eigenvalue weighted by molar-refractivity contribution is 8.00. The largest absolute Gasteiger partial charge is 0.461 e. The maximum atomic E-state index is 12.2. The third-order valence-corrected chi connectivity index (χ3v) is 10.4. The number of hydrogen-bond donors (Lipinski definition) is 1. The van der Waals surface area contributed by atoms with Crippen molar-refractivity contribution in [2.45, 2.75) is 54.0 Å². The predicted molar refractivity (Wildman–Crippen MR) is 187 cm³/mol. The summed E-state index contributed by atoms with van der Waals surface area (Å²) >= 11 is 3.04. The van der Waals surface area contributed by atoms with Crippen LogP contribution >= 0.6 is 23.5 Å². The van der Waals surface area contributed by atoms with Crippen LogP contribution in [0.2, 0.25) is 0 Å². The second-order valence-corrected chi connectivity index (χ2v) is 14.2. The van der Waals surface area contributed by atoms with Gasteiger partial charge in [-0.15, -0.1) is 23.5 Å². The Balaban J connectivity index is 0.000000186. The number of carbonyl (C=O) groups is 3. The predicted octanol–water partition coefficient (Wildman–Crippen LogP) is 8.02. The number of aliphatic hydroxyl groups excluding tert-OH is 1. The second-order valence-electron chi connectivity index (χ2n) is 11.2. The Labute approximate surface area is 284 Å². The van der Waals surface area contributed by atoms with E-state index < -0.39 is 0 Å². The summed E-state index contributed by atoms with van der Waals surface area (Å²) in [5, 5.41) is 9.83. The second kappa shape index (κ2) is 17.2. The van der Waals surface area contributed by atoms with Gasteiger partial charge in [-0.1, -0.05) is 84.9 Å². The lowest BCUT2D eigenvalue weighted by atomic mass is 10.0. The molecule has 6 rings (SSSR count). The number of rotatable bonds is 9. The number of hydrogen-bond acceptors (Lipinski definition) is 9. The molecule has 0 radical (unpaired) electrons. The first-order valence-electron chi connectivity index (χ1n) is 15.7. The lowest BCUT2D eigenvalue weighted by Crippen LogP contribution is -2.14. The molecular formula is C38H38O7S2. The van der Waals surface area contributed by atoms with E-state index in [1.165, 1.54) is 18.7 Å². The highest BCUT2D eigenvalue weighted by Crippen LogP contribution is 2.35. The quantitative estimate of drug-likeness (QED) is 0.140. The van der Waals surface area contributed by atoms with Crippen LogP contribution in [0.15, 0.2) is 109 Å². The summed E-state index contributed by atoms with van der Waals surface area (Å²) in [7, 11) is 0. The number of esters is 3. The molecule has 0 aliphatic carbocycles. The summed E-state index contributed by atoms with van der Waals surface area (Å²) in [5.41, 5.74) is 5.04. The van der Waals surface area contributed by atoms with Gasteiger partial charge in [-0.05, 0) is 72.2 Å². The van der Waals surface area contributed by atoms with Crippen LogP contribution in [-0.2, 0) is 19.0 Å². The standard InChI is InChI=1S/C20H20O4S.C18H18O3S/c1-14(21)24-19-12-11-18(25-19)13-23-20(22)17-9-7-16(8-10-17)15-5-3-2-4-6-15;19-17-11-10-16(22-17)12-21-18(20)15-8-6-14(7-9-15)13-4-2-1-3-5-13/h2-10,18-19H,11-13H2,1H3;1-9,16-17,19H,10-12H2/t18-,19?;16-,17?/m11/s1. The van der Waals surface area contributed by atoms with Crippen LogP contribution in [0.1, 0.15) is 53.3 Å². The van der Waals surface area contributed by atoms with Gasteiger partial charge >= 0.3 is 17.9 Å². The fourth-order valence-electron chi connectivity index (χ4n) is 5.24. The molecule has 1 N–H and O–H groups in total. The number of aliphatic hydroxyl groups is 1. The van der Waals surface area contributed by atoms with E-state index in [4.69, 9.17) is 14.2 Å². The molecule has 0 bridgehead atoms. The maximum Gasteiger partial charge on any atom is 0.338 e. The minimum atomic E-state index is -0.323. The van der Waals surface area contributed by atoms with Crippen LogP contribution in [0.4, 0.5) is 0 Å². The molecule has 0 saturated carbocycles. The van der Waals surface area contributed by atoms with Crippen molar-refractivity contribution < 1.29 is 33.7 Å². The van der Waals surface area contributed by atoms with Gasteiger partial charge in [-0.25, -0.2) is 9.59 Å². The zero-order valence-electron chi connectivity index (χ0n) is 26.2. The van der Waals surface area contributed by atoms with Gasteiger partial charge in [0, 0.05) is 17.4 Å². The van der Waals surface area contributed by atoms with E-state index in [-0.39, 0.29) is 39.3 Å². The van der Waals surface area contributed by atoms with Crippen LogP contribution in [0.25, 0.3) is 22.3 Å². The molecule has 2 saturated heterocycles. The van der Waals surface area contributed by atoms with Crippen molar-refractivity contribution in [3.05, 3.63) is 120 Å². The molecule has 0 spiro atoms. The molecule has 9 heteroatoms. The summed E-state index contributed by atoms with van der Waals surface area (Å²) in [4.78, 5) is 35.2. The Kier molecular flexibility index (Phi) is 12.5. The Morgan fingerprint density at radius 1 is 0.596 bits per heavy atom. The first-order chi connectivity index (χ1) is 22.8. The van der Waals surface area contributed by atoms with Crippen LogP contribution < -0.4 is 0 Å². The highest BCUT2D eigenvalue weighted by Gasteiger charge is 2.28. The van der Waals surface area contributed by atoms with E-state index in [0.29, 0.717) is 24.3 Å². The maximum absolute atomic E-state index is 12.2. The smallest absolute Gasteiger partial charge is 0.338 e. The van der Waals surface area contributed by atoms with Crippen LogP contribution in [0, 0.1) is 0 Å². The lowest BCUT2D eigenvalue weighted by molar-refractivity contribution is -0.142. The molecule has 2 aliphatic heterocycles. The zero-order chi connectivity index (χ0) is 33.0. The zero-order valence-corrected chi connectivity index (χ0v) is 27.8. The van der Waals surface area contributed by atoms with Gasteiger partial charge in [-0.2, -0.15) is 0 Å². The number of benzene rings is 4. The molecule has 2 unspecified atom stereocenters. The van der Waals surface area contributed by atoms with E-state index in [1.807, 2.05) is 84.9 Å². The van der Waals surface area contributed by atoms with E-state index in [1.54, 1.807) is 36.0 Å². The van der Waals surface area contributed by atoms with E-state index in [9.17, 15) is 19.5 Å². The van der Waals surface area contributed by atoms with Crippen molar-refractivity contribution in [1.82, 2.24) is 0 Å². The van der Waals surface area contributed by atoms with Crippen molar-refractivity contribution in [2.24, 2.45) is 0 Å². The lowest BCUT2D eigenvalue weighted by Gasteiger charge is -2.12. The molecule has 2 aliphatic rings. The summed E-state index contributed by atoms with van der Waals surface area (Å²) in [5.74, 6) is -0.897. The number of ether oxygens (including phenoxy) is 3. The van der Waals surface area contributed by atoms with E-state index in [0.717, 1.165) is 47.9 Å². The summed E-state index contributed by atoms with van der Waals surface area (Å²) in [6.07, 6.45) is 3.35. The first-order valence-corrected chi connectivity index (χ1v) is 17.5. The Morgan fingerprint density at radius 3 is 1.45 bits per heavy atom. The SMILES string of the molecule is CC(=O)OC1CC[C@H](COC(=O)c2ccc(-c3ccccc3)cc2)S1.O=C(OC[C@H]1CCC(O)S1)c1ccc(-c2ccccc2)cc1. The summed E-state index contributed by atoms with van der Waals surface area (Å²) in [6.45, 7) is 2.11. The van der Waals surface area contributed by atoms with Crippen molar-refractivity contribution in [3.8, 4) is 22.3 Å². The van der Waals surface area contributed by atoms with Crippen LogP contribution in [-0.4, -0.2) is 57.6 Å². The molecule has 7 nitrogen and oxygen atoms in total. The number of thioether (sulfide) groups is 2. The van der Waals surface area contributed by atoms with Gasteiger partial charge in [0.15, 0.2) is 0 Å². The minimum Gasteiger partial charge on any atom is -0.461 e. The van der Waals surface area contributed by atoms with E-state index in [2.05, 4.69) is 0 Å². The van der Waals surface area contributed by atoms with Crippen molar-refractivity contribution in [3.63, 3.8) is 0 Å². The average Bonchev–Trinajstić information content (AvgIpc) is 3.75. The Bertz CT molecular complexity index is 1600. The highest BCUT2D eigenvalue weighted by atomic mass is 32.2. The van der Waals surface area contributed by atoms with Crippen molar-refractivity contribution in [1.29, 1.82) is 0 Å². The third kappa shape index (κ3) is 10.5. The molecule has 0 amide bonds. The van der Waals surface area contributed by atoms with E-state index >= 15 is 0 Å². The van der Waals surface area contributed by atoms with Crippen LogP contribution in [0.5, 0.6) is 0 Å². The normalized spacial score (nSPS) is 20.0. The van der Waals surface area contributed by atoms with Gasteiger partial charge in [0.25, 0.3) is 0 Å². The van der Waals surface area contributed by atoms with Gasteiger partial charge in [0.05, 0.1) is 16.6 Å². The topological polar surface area (TPSA) is 99.1 Å². The molecule has 47 heavy (non-hydrogen) atoms. The number of carbonyl (C=O) groups excluding carboxylic acids is 3. The fourth-order valence-corrected chi connectivity index (χ4v) is 7.69. The molecule has 2 heterocycles. The Hall–Kier alpha value is -4.05. The monoisotopic (exact) mass is 670 g/mol. The first kappa shape index (κ1) is 34.3. The van der Waals surface area contributed by atoms with Gasteiger partial charge in [0.1, 0.15) is 18.6 Å². The average molecular weight is 671 g/mol. The fraction of sp³-hybridized carbons (Fsp3) is 0.289. The van der Waals surface area contributed by atoms with Gasteiger partial charge < -0.3 is 19.3 Å². The molecule has 2 fully saturated rings. The third-order valence-electron chi connectivity index (χ3n) is 7.71. The molecule has 0 aromatic heterocycles. The summed E-state index contributed by atoms with van der Waals surface area (Å²) < 4.78 is 15.9. The molecule has 4 atom stereocenters. The molecule has 4 aromatic rings. The minimum absolute atomic E-state index is 0.119. The van der Waals surface area contributed by atoms with Crippen LogP contribution in [0.3, 0.4) is 0 Å². The molecular weight excluding hydrogens is 633 g/mol. The van der Waals surface area contributed by atoms with Crippen molar-refractivity contribution >= 4 is 41.4 Å². The van der Waals surface area contributed by atoms with Gasteiger partial charge in [-0.3, -0.25) is 4.79 Å².